The molecule has 11 heteroatoms. The number of nitrogens with zero attached hydrogens (tertiary/aromatic N) is 1. The van der Waals surface area contributed by atoms with Crippen LogP contribution >= 0.6 is 11.3 Å². The second-order valence-electron chi connectivity index (χ2n) is 6.03. The number of hydrogen-bond donors (Lipinski definition) is 3. The Morgan fingerprint density at radius 1 is 1.46 bits per heavy atom. The predicted octanol–water partition coefficient (Wildman–Crippen LogP) is 1.38. The van der Waals surface area contributed by atoms with E-state index in [4.69, 9.17) is 10.4 Å². The van der Waals surface area contributed by atoms with Gasteiger partial charge in [-0.2, -0.15) is 0 Å². The highest BCUT2D eigenvalue weighted by molar-refractivity contribution is 7.13. The molecule has 2 heterocycles. The van der Waals surface area contributed by atoms with Gasteiger partial charge in [0.25, 0.3) is 6.47 Å². The summed E-state index contributed by atoms with van der Waals surface area (Å²) in [6.07, 6.45) is 1.09. The summed E-state index contributed by atoms with van der Waals surface area (Å²) in [7, 11) is -1.37. The first-order valence-corrected chi connectivity index (χ1v) is 9.02. The van der Waals surface area contributed by atoms with Crippen molar-refractivity contribution in [3.63, 3.8) is 0 Å². The molecule has 0 bridgehead atoms. The Hall–Kier alpha value is -3.18. The number of ketones is 1. The van der Waals surface area contributed by atoms with Gasteiger partial charge >= 0.3 is 13.1 Å². The molecule has 0 saturated heterocycles. The van der Waals surface area contributed by atoms with Crippen LogP contribution in [-0.4, -0.2) is 40.5 Å². The number of para-hydroxylation sites is 1. The van der Waals surface area contributed by atoms with Gasteiger partial charge in [-0.1, -0.05) is 12.1 Å². The Balaban J connectivity index is 1.82. The number of carboxylic acid groups (broad SMARTS) is 1. The predicted molar refractivity (Wildman–Crippen MR) is 101 cm³/mol. The molecule has 0 amide bonds. The third-order valence-electron chi connectivity index (χ3n) is 4.24. The highest BCUT2D eigenvalue weighted by Crippen LogP contribution is 2.37. The van der Waals surface area contributed by atoms with Crippen molar-refractivity contribution in [2.75, 3.05) is 5.73 Å². The number of benzene rings is 1. The molecule has 1 aliphatic heterocycles. The van der Waals surface area contributed by atoms with Crippen LogP contribution in [0.2, 0.25) is 5.82 Å². The Kier molecular flexibility index (Phi) is 5.76. The van der Waals surface area contributed by atoms with Crippen molar-refractivity contribution >= 4 is 47.4 Å². The van der Waals surface area contributed by atoms with Crippen LogP contribution in [0.3, 0.4) is 0 Å². The van der Waals surface area contributed by atoms with Gasteiger partial charge in [-0.05, 0) is 18.1 Å². The van der Waals surface area contributed by atoms with E-state index in [1.165, 1.54) is 6.07 Å². The Morgan fingerprint density at radius 3 is 2.89 bits per heavy atom. The molecule has 1 aromatic heterocycles. The van der Waals surface area contributed by atoms with E-state index in [-0.39, 0.29) is 47.0 Å². The minimum atomic E-state index is -1.37. The van der Waals surface area contributed by atoms with E-state index >= 15 is 0 Å². The van der Waals surface area contributed by atoms with Crippen LogP contribution in [0, 0.1) is 0 Å². The van der Waals surface area contributed by atoms with Gasteiger partial charge in [0, 0.05) is 17.6 Å². The van der Waals surface area contributed by atoms with Gasteiger partial charge in [-0.25, -0.2) is 9.78 Å². The van der Waals surface area contributed by atoms with Gasteiger partial charge in [0.15, 0.2) is 10.9 Å². The highest BCUT2D eigenvalue weighted by atomic mass is 32.1. The summed E-state index contributed by atoms with van der Waals surface area (Å²) in [5.41, 5.74) is 6.41. The molecule has 28 heavy (non-hydrogen) atoms. The van der Waals surface area contributed by atoms with E-state index in [0.29, 0.717) is 5.56 Å². The van der Waals surface area contributed by atoms with Gasteiger partial charge in [0.05, 0.1) is 16.8 Å². The largest absolute Gasteiger partial charge is 0.535 e. The van der Waals surface area contributed by atoms with E-state index in [0.717, 1.165) is 17.6 Å². The zero-order valence-electron chi connectivity index (χ0n) is 14.4. The van der Waals surface area contributed by atoms with Crippen molar-refractivity contribution in [1.29, 1.82) is 0 Å². The van der Waals surface area contributed by atoms with Crippen LogP contribution in [0.15, 0.2) is 29.8 Å². The number of carbonyl (C=O) groups is 3. The number of Topliss-reactive ketones (excluding diaryl/α,β-unsaturated/α-hetero) is 1. The van der Waals surface area contributed by atoms with Crippen molar-refractivity contribution in [3.05, 3.63) is 46.7 Å². The van der Waals surface area contributed by atoms with Crippen LogP contribution < -0.4 is 10.4 Å². The summed E-state index contributed by atoms with van der Waals surface area (Å²) in [5, 5.41) is 21.3. The van der Waals surface area contributed by atoms with E-state index < -0.39 is 24.7 Å². The van der Waals surface area contributed by atoms with Gasteiger partial charge in [-0.15, -0.1) is 11.3 Å². The zero-order valence-corrected chi connectivity index (χ0v) is 15.2. The van der Waals surface area contributed by atoms with Crippen molar-refractivity contribution in [3.8, 4) is 5.75 Å². The van der Waals surface area contributed by atoms with Crippen LogP contribution in [-0.2, 0) is 20.7 Å². The van der Waals surface area contributed by atoms with E-state index in [9.17, 15) is 24.5 Å². The molecular formula is C17H15BN2O7S. The van der Waals surface area contributed by atoms with Crippen LogP contribution in [0.4, 0.5) is 5.13 Å². The number of nitrogen functional groups attached to an aromatic ring is 1. The normalized spacial score (nSPS) is 16.1. The summed E-state index contributed by atoms with van der Waals surface area (Å²) < 4.78 is 9.99. The Morgan fingerprint density at radius 2 is 2.25 bits per heavy atom. The lowest BCUT2D eigenvalue weighted by molar-refractivity contribution is -0.123. The molecule has 2 aromatic rings. The molecule has 144 valence electrons. The monoisotopic (exact) mass is 402 g/mol. The molecule has 1 aliphatic rings. The maximum absolute atomic E-state index is 12.8. The van der Waals surface area contributed by atoms with E-state index in [1.807, 2.05) is 0 Å². The summed E-state index contributed by atoms with van der Waals surface area (Å²) in [4.78, 5) is 38.6. The number of carbonyl (C=O) groups excluding carboxylic acids is 2. The fourth-order valence-corrected chi connectivity index (χ4v) is 3.51. The molecule has 9 nitrogen and oxygen atoms in total. The highest BCUT2D eigenvalue weighted by Gasteiger charge is 2.38. The lowest BCUT2D eigenvalue weighted by atomic mass is 9.64. The third-order valence-corrected chi connectivity index (χ3v) is 4.91. The molecule has 0 saturated carbocycles. The average Bonchev–Trinajstić information content (AvgIpc) is 3.08. The second kappa shape index (κ2) is 8.23. The number of fused-ring (bicyclic) bond motifs is 1. The first-order chi connectivity index (χ1) is 13.4. The Labute approximate surface area is 163 Å². The molecular weight excluding hydrogens is 387 g/mol. The maximum Gasteiger partial charge on any atom is 0.526 e. The molecule has 0 fully saturated rings. The van der Waals surface area contributed by atoms with Gasteiger partial charge < -0.3 is 25.3 Å². The van der Waals surface area contributed by atoms with Crippen molar-refractivity contribution in [1.82, 2.24) is 4.98 Å². The molecule has 0 spiro atoms. The van der Waals surface area contributed by atoms with Crippen LogP contribution in [0.5, 0.6) is 5.75 Å². The van der Waals surface area contributed by atoms with E-state index in [2.05, 4.69) is 9.72 Å². The fraction of sp³-hybridized carbons (Fsp3) is 0.176. The van der Waals surface area contributed by atoms with Gasteiger partial charge in [0.1, 0.15) is 12.0 Å². The smallest absolute Gasteiger partial charge is 0.526 e. The lowest BCUT2D eigenvalue weighted by Crippen LogP contribution is -2.36. The number of thiazole rings is 1. The fourth-order valence-electron chi connectivity index (χ4n) is 2.95. The first kappa shape index (κ1) is 19.6. The molecule has 0 radical (unpaired) electrons. The third kappa shape index (κ3) is 4.05. The number of allylic oxidation sites excluding steroid dienone is 1. The molecule has 0 aliphatic carbocycles. The van der Waals surface area contributed by atoms with Gasteiger partial charge in [-0.3, -0.25) is 9.59 Å². The average molecular weight is 402 g/mol. The zero-order chi connectivity index (χ0) is 20.3. The number of rotatable bonds is 7. The maximum atomic E-state index is 12.8. The van der Waals surface area contributed by atoms with Crippen LogP contribution in [0.1, 0.15) is 28.0 Å². The number of ether oxygens (including phenoxy) is 1. The SMILES string of the molecule is Nc1nc(/C(=C\OC=O)C(=O)C[C@H]2Cc3cccc(C(=O)O)c3OB2O)cs1. The standard InChI is InChI=1S/C17H15BN2O7S/c19-17-20-13(7-28-17)12(6-26-8-21)14(22)5-10-4-9-2-1-3-11(16(23)24)15(9)27-18(10)25/h1-3,6-8,10,25H,4-5H2,(H2,19,20)(H,23,24)/b12-6+/t10-/m1/s1. The number of aromatic carboxylic acids is 1. The molecule has 1 atom stereocenters. The van der Waals surface area contributed by atoms with Crippen molar-refractivity contribution in [2.45, 2.75) is 18.7 Å². The quantitative estimate of drug-likeness (QED) is 0.270. The van der Waals surface area contributed by atoms with Crippen molar-refractivity contribution in [2.24, 2.45) is 0 Å². The van der Waals surface area contributed by atoms with E-state index in [1.54, 1.807) is 17.5 Å². The minimum absolute atomic E-state index is 0.0392. The second-order valence-corrected chi connectivity index (χ2v) is 6.92. The molecule has 3 rings (SSSR count). The number of carboxylic acids is 1. The topological polar surface area (TPSA) is 149 Å². The van der Waals surface area contributed by atoms with Crippen LogP contribution in [0.25, 0.3) is 5.57 Å². The number of nitrogens with two attached hydrogens (primary N) is 1. The molecule has 1 aromatic carbocycles. The van der Waals surface area contributed by atoms with Crippen molar-refractivity contribution < 1.29 is 33.9 Å². The summed E-state index contributed by atoms with van der Waals surface area (Å²) >= 11 is 1.13. The first-order valence-electron chi connectivity index (χ1n) is 8.14. The minimum Gasteiger partial charge on any atom is -0.535 e. The lowest BCUT2D eigenvalue weighted by Gasteiger charge is -2.28. The number of anilines is 1. The summed E-state index contributed by atoms with van der Waals surface area (Å²) in [6, 6.07) is 4.63. The number of aromatic nitrogens is 1. The Bertz CT molecular complexity index is 959. The molecule has 0 unspecified atom stereocenters. The summed E-state index contributed by atoms with van der Waals surface area (Å²) in [5.74, 6) is -2.13. The molecule has 4 N–H and O–H groups in total. The number of hydrogen-bond acceptors (Lipinski definition) is 9. The summed E-state index contributed by atoms with van der Waals surface area (Å²) in [6.45, 7) is 0.172. The van der Waals surface area contributed by atoms with Gasteiger partial charge in [0.2, 0.25) is 0 Å².